The zero-order valence-electron chi connectivity index (χ0n) is 19.5. The van der Waals surface area contributed by atoms with Gasteiger partial charge in [-0.3, -0.25) is 9.67 Å². The molecular weight excluding hydrogens is 444 g/mol. The van der Waals surface area contributed by atoms with Crippen LogP contribution < -0.4 is 5.73 Å². The van der Waals surface area contributed by atoms with E-state index in [1.165, 1.54) is 6.20 Å². The lowest BCUT2D eigenvalue weighted by atomic mass is 10.1. The molecule has 2 aromatic heterocycles. The summed E-state index contributed by atoms with van der Waals surface area (Å²) in [6.07, 6.45) is 9.89. The van der Waals surface area contributed by atoms with Crippen LogP contribution in [0, 0.1) is 0 Å². The van der Waals surface area contributed by atoms with Crippen LogP contribution in [0.4, 0.5) is 0 Å². The number of aliphatic imine (C=N–C) groups is 1. The van der Waals surface area contributed by atoms with Crippen LogP contribution >= 0.6 is 0 Å². The zero-order chi connectivity index (χ0) is 24.0. The molecule has 180 valence electrons. The predicted octanol–water partition coefficient (Wildman–Crippen LogP) is 4.03. The Morgan fingerprint density at radius 3 is 3.11 bits per heavy atom. The molecule has 0 spiro atoms. The Kier molecular flexibility index (Phi) is 6.92. The third-order valence-corrected chi connectivity index (χ3v) is 5.86. The number of fused-ring (bicyclic) bond motifs is 1. The molecule has 10 nitrogen and oxygen atoms in total. The number of rotatable bonds is 8. The molecule has 0 saturated carbocycles. The van der Waals surface area contributed by atoms with Gasteiger partial charge in [0.1, 0.15) is 5.70 Å². The lowest BCUT2D eigenvalue weighted by Gasteiger charge is -2.22. The van der Waals surface area contributed by atoms with Gasteiger partial charge in [-0.15, -0.1) is 5.11 Å². The van der Waals surface area contributed by atoms with Crippen LogP contribution in [0.25, 0.3) is 16.6 Å². The number of nitrogens with zero attached hydrogens (tertiary/aromatic N) is 7. The minimum absolute atomic E-state index is 0.110. The minimum atomic E-state index is -0.110. The summed E-state index contributed by atoms with van der Waals surface area (Å²) in [4.78, 5) is 9.07. The molecule has 2 aliphatic heterocycles. The molecule has 0 amide bonds. The number of pyridine rings is 1. The monoisotopic (exact) mass is 472 g/mol. The van der Waals surface area contributed by atoms with E-state index in [0.29, 0.717) is 36.9 Å². The van der Waals surface area contributed by atoms with Crippen LogP contribution in [0.5, 0.6) is 0 Å². The first-order valence-electron chi connectivity index (χ1n) is 11.7. The van der Waals surface area contributed by atoms with Crippen molar-refractivity contribution in [1.82, 2.24) is 19.8 Å². The number of amidine groups is 1. The van der Waals surface area contributed by atoms with Crippen LogP contribution in [0.1, 0.15) is 30.4 Å². The maximum Gasteiger partial charge on any atom is 0.180 e. The molecule has 0 aliphatic carbocycles. The average Bonchev–Trinajstić information content (AvgIpc) is 3.52. The Balaban J connectivity index is 1.25. The molecule has 1 unspecified atom stereocenters. The van der Waals surface area contributed by atoms with E-state index in [1.54, 1.807) is 17.4 Å². The lowest BCUT2D eigenvalue weighted by molar-refractivity contribution is -0.163. The van der Waals surface area contributed by atoms with Gasteiger partial charge in [0.25, 0.3) is 0 Å². The Bertz CT molecular complexity index is 1290. The third kappa shape index (κ3) is 5.44. The van der Waals surface area contributed by atoms with E-state index in [0.717, 1.165) is 47.9 Å². The van der Waals surface area contributed by atoms with Crippen LogP contribution in [-0.4, -0.2) is 45.1 Å². The van der Waals surface area contributed by atoms with Crippen molar-refractivity contribution >= 4 is 22.4 Å². The number of ether oxygens (including phenoxy) is 2. The van der Waals surface area contributed by atoms with Gasteiger partial charge in [-0.25, -0.2) is 10.0 Å². The number of hydrogen-bond donors (Lipinski definition) is 1. The highest BCUT2D eigenvalue weighted by Crippen LogP contribution is 2.24. The quantitative estimate of drug-likeness (QED) is 0.529. The van der Waals surface area contributed by atoms with Crippen LogP contribution in [0.15, 0.2) is 82.7 Å². The molecule has 1 saturated heterocycles. The van der Waals surface area contributed by atoms with Gasteiger partial charge in [-0.1, -0.05) is 23.9 Å². The van der Waals surface area contributed by atoms with Crippen molar-refractivity contribution in [3.05, 3.63) is 78.5 Å². The van der Waals surface area contributed by atoms with Crippen LogP contribution in [-0.2, 0) is 22.6 Å². The fourth-order valence-electron chi connectivity index (χ4n) is 3.99. The number of benzene rings is 1. The fourth-order valence-corrected chi connectivity index (χ4v) is 3.99. The average molecular weight is 473 g/mol. The summed E-state index contributed by atoms with van der Waals surface area (Å²) >= 11 is 0. The molecular formula is C25H28N8O2. The first kappa shape index (κ1) is 22.9. The third-order valence-electron chi connectivity index (χ3n) is 5.86. The summed E-state index contributed by atoms with van der Waals surface area (Å²) < 4.78 is 13.2. The molecule has 1 fully saturated rings. The highest BCUT2D eigenvalue weighted by molar-refractivity contribution is 6.01. The largest absolute Gasteiger partial charge is 0.403 e. The topological polar surface area (TPSA) is 116 Å². The first-order chi connectivity index (χ1) is 17.2. The molecule has 1 atom stereocenters. The van der Waals surface area contributed by atoms with Gasteiger partial charge in [-0.2, -0.15) is 5.10 Å². The zero-order valence-corrected chi connectivity index (χ0v) is 19.5. The van der Waals surface area contributed by atoms with Gasteiger partial charge in [0.05, 0.1) is 37.1 Å². The summed E-state index contributed by atoms with van der Waals surface area (Å²) in [6.45, 7) is 6.52. The van der Waals surface area contributed by atoms with Crippen LogP contribution in [0.3, 0.4) is 0 Å². The van der Waals surface area contributed by atoms with E-state index in [4.69, 9.17) is 20.2 Å². The highest BCUT2D eigenvalue weighted by atomic mass is 16.7. The van der Waals surface area contributed by atoms with E-state index < -0.39 is 0 Å². The Morgan fingerprint density at radius 1 is 1.31 bits per heavy atom. The van der Waals surface area contributed by atoms with E-state index in [-0.39, 0.29) is 6.29 Å². The summed E-state index contributed by atoms with van der Waals surface area (Å²) in [5.41, 5.74) is 9.61. The maximum atomic E-state index is 5.80. The second-order valence-electron chi connectivity index (χ2n) is 8.37. The van der Waals surface area contributed by atoms with E-state index >= 15 is 0 Å². The van der Waals surface area contributed by atoms with Crippen molar-refractivity contribution in [2.24, 2.45) is 21.1 Å². The molecule has 35 heavy (non-hydrogen) atoms. The van der Waals surface area contributed by atoms with Crippen molar-refractivity contribution < 1.29 is 9.47 Å². The molecule has 1 aromatic carbocycles. The van der Waals surface area contributed by atoms with E-state index in [2.05, 4.69) is 33.1 Å². The molecule has 2 aliphatic rings. The van der Waals surface area contributed by atoms with Crippen molar-refractivity contribution in [2.75, 3.05) is 13.2 Å². The molecule has 2 N–H and O–H groups in total. The van der Waals surface area contributed by atoms with Crippen molar-refractivity contribution in [1.29, 1.82) is 0 Å². The summed E-state index contributed by atoms with van der Waals surface area (Å²) in [5.74, 6) is 0.536. The van der Waals surface area contributed by atoms with Crippen molar-refractivity contribution in [3.63, 3.8) is 0 Å². The van der Waals surface area contributed by atoms with Gasteiger partial charge in [0.15, 0.2) is 12.1 Å². The second-order valence-corrected chi connectivity index (χ2v) is 8.37. The number of nitrogens with two attached hydrogens (primary N) is 1. The summed E-state index contributed by atoms with van der Waals surface area (Å²) in [5, 5.41) is 15.6. The van der Waals surface area contributed by atoms with Gasteiger partial charge in [0, 0.05) is 36.2 Å². The van der Waals surface area contributed by atoms with Gasteiger partial charge < -0.3 is 15.2 Å². The maximum absolute atomic E-state index is 5.80. The summed E-state index contributed by atoms with van der Waals surface area (Å²) in [6, 6.07) is 10.0. The normalized spacial score (nSPS) is 20.3. The smallest absolute Gasteiger partial charge is 0.180 e. The van der Waals surface area contributed by atoms with Gasteiger partial charge in [0.2, 0.25) is 0 Å². The SMILES string of the molecule is C=C(/N=C1\C(=C/N)N=NN1Cc1ccc2ncccc2c1)c1cnn(CCOC2CCCCO2)c1. The van der Waals surface area contributed by atoms with Crippen LogP contribution in [0.2, 0.25) is 0 Å². The minimum Gasteiger partial charge on any atom is -0.403 e. The molecule has 5 rings (SSSR count). The van der Waals surface area contributed by atoms with Gasteiger partial charge >= 0.3 is 0 Å². The second kappa shape index (κ2) is 10.6. The molecule has 4 heterocycles. The van der Waals surface area contributed by atoms with E-state index in [1.807, 2.05) is 35.1 Å². The fraction of sp³-hybridized carbons (Fsp3) is 0.320. The molecule has 3 aromatic rings. The Hall–Kier alpha value is -3.89. The lowest BCUT2D eigenvalue weighted by Crippen LogP contribution is -2.24. The van der Waals surface area contributed by atoms with Crippen molar-refractivity contribution in [2.45, 2.75) is 38.6 Å². The highest BCUT2D eigenvalue weighted by Gasteiger charge is 2.23. The van der Waals surface area contributed by atoms with Crippen molar-refractivity contribution in [3.8, 4) is 0 Å². The summed E-state index contributed by atoms with van der Waals surface area (Å²) in [7, 11) is 0. The molecule has 0 radical (unpaired) electrons. The number of hydrogen-bond acceptors (Lipinski definition) is 8. The number of aromatic nitrogens is 3. The predicted molar refractivity (Wildman–Crippen MR) is 133 cm³/mol. The first-order valence-corrected chi connectivity index (χ1v) is 11.7. The molecule has 10 heteroatoms. The van der Waals surface area contributed by atoms with Gasteiger partial charge in [-0.05, 0) is 43.0 Å². The Morgan fingerprint density at radius 2 is 2.26 bits per heavy atom. The Labute approximate surface area is 203 Å². The molecule has 0 bridgehead atoms. The van der Waals surface area contributed by atoms with E-state index in [9.17, 15) is 0 Å². The standard InChI is InChI=1S/C25H28N8O2/c1-18(21-15-28-32(17-21)10-12-35-24-6-2-3-11-34-24)29-25-23(14-26)30-31-33(25)16-19-7-8-22-20(13-19)5-4-9-27-22/h4-5,7-9,13-15,17,24H,1-3,6,10-12,16,26H2/b23-14+,29-25+.